The number of rotatable bonds is 3. The second kappa shape index (κ2) is 4.63. The van der Waals surface area contributed by atoms with Crippen LogP contribution in [0.2, 0.25) is 0 Å². The monoisotopic (exact) mass is 241 g/mol. The standard InChI is InChI=1S/C14H11NOS/c1-2-4-11(5-3-1)10-17-13-8-12-6-7-16-14(12)15-9-13/h1-9H,10H2. The summed E-state index contributed by atoms with van der Waals surface area (Å²) in [6.07, 6.45) is 3.53. The maximum absolute atomic E-state index is 5.22. The number of pyridine rings is 1. The lowest BCUT2D eigenvalue weighted by molar-refractivity contribution is 0.602. The van der Waals surface area contributed by atoms with E-state index in [0.717, 1.165) is 11.1 Å². The summed E-state index contributed by atoms with van der Waals surface area (Å²) in [6, 6.07) is 14.5. The lowest BCUT2D eigenvalue weighted by atomic mass is 10.2. The van der Waals surface area contributed by atoms with Crippen LogP contribution in [0.1, 0.15) is 5.56 Å². The molecule has 3 rings (SSSR count). The second-order valence-electron chi connectivity index (χ2n) is 3.76. The van der Waals surface area contributed by atoms with Gasteiger partial charge in [0.2, 0.25) is 5.71 Å². The molecule has 3 aromatic rings. The van der Waals surface area contributed by atoms with E-state index < -0.39 is 0 Å². The molecule has 0 spiro atoms. The number of furan rings is 1. The molecule has 84 valence electrons. The third kappa shape index (κ3) is 2.34. The van der Waals surface area contributed by atoms with E-state index in [2.05, 4.69) is 35.3 Å². The van der Waals surface area contributed by atoms with Crippen molar-refractivity contribution in [2.75, 3.05) is 0 Å². The van der Waals surface area contributed by atoms with Crippen LogP contribution in [0.3, 0.4) is 0 Å². The fourth-order valence-corrected chi connectivity index (χ4v) is 2.52. The summed E-state index contributed by atoms with van der Waals surface area (Å²) in [4.78, 5) is 5.44. The van der Waals surface area contributed by atoms with Crippen molar-refractivity contribution in [3.63, 3.8) is 0 Å². The predicted octanol–water partition coefficient (Wildman–Crippen LogP) is 4.12. The first-order chi connectivity index (χ1) is 8.42. The molecule has 0 aliphatic rings. The summed E-state index contributed by atoms with van der Waals surface area (Å²) < 4.78 is 5.22. The molecule has 1 aromatic carbocycles. The van der Waals surface area contributed by atoms with Crippen molar-refractivity contribution in [2.24, 2.45) is 0 Å². The Morgan fingerprint density at radius 1 is 1.12 bits per heavy atom. The fraction of sp³-hybridized carbons (Fsp3) is 0.0714. The highest BCUT2D eigenvalue weighted by Crippen LogP contribution is 2.25. The molecule has 0 saturated carbocycles. The van der Waals surface area contributed by atoms with Crippen molar-refractivity contribution in [1.29, 1.82) is 0 Å². The lowest BCUT2D eigenvalue weighted by Gasteiger charge is -2.01. The van der Waals surface area contributed by atoms with Gasteiger partial charge in [0.05, 0.1) is 6.26 Å². The van der Waals surface area contributed by atoms with Gasteiger partial charge in [-0.3, -0.25) is 0 Å². The molecular weight excluding hydrogens is 230 g/mol. The van der Waals surface area contributed by atoms with Gasteiger partial charge >= 0.3 is 0 Å². The number of hydrogen-bond acceptors (Lipinski definition) is 3. The molecular formula is C14H11NOS. The number of aromatic nitrogens is 1. The Kier molecular flexibility index (Phi) is 2.84. The van der Waals surface area contributed by atoms with Gasteiger partial charge in [0.15, 0.2) is 0 Å². The quantitative estimate of drug-likeness (QED) is 0.645. The van der Waals surface area contributed by atoms with Gasteiger partial charge in [-0.25, -0.2) is 4.98 Å². The Bertz CT molecular complexity index is 618. The average molecular weight is 241 g/mol. The first-order valence-electron chi connectivity index (χ1n) is 5.42. The molecule has 0 saturated heterocycles. The van der Waals surface area contributed by atoms with Crippen LogP contribution in [-0.2, 0) is 5.75 Å². The summed E-state index contributed by atoms with van der Waals surface area (Å²) in [5, 5.41) is 1.06. The molecule has 2 aromatic heterocycles. The SMILES string of the molecule is c1ccc(CSc2cnc3occc3c2)cc1. The zero-order chi connectivity index (χ0) is 11.5. The number of fused-ring (bicyclic) bond motifs is 1. The van der Waals surface area contributed by atoms with Gasteiger partial charge in [-0.15, -0.1) is 11.8 Å². The van der Waals surface area contributed by atoms with Crippen LogP contribution in [0.15, 0.2) is 64.2 Å². The maximum atomic E-state index is 5.22. The van der Waals surface area contributed by atoms with Crippen LogP contribution in [-0.4, -0.2) is 4.98 Å². The van der Waals surface area contributed by atoms with E-state index in [1.165, 1.54) is 10.5 Å². The number of hydrogen-bond donors (Lipinski definition) is 0. The molecule has 3 heteroatoms. The van der Waals surface area contributed by atoms with Crippen molar-refractivity contribution >= 4 is 22.9 Å². The smallest absolute Gasteiger partial charge is 0.225 e. The summed E-state index contributed by atoms with van der Waals surface area (Å²) in [7, 11) is 0. The van der Waals surface area contributed by atoms with Crippen LogP contribution in [0.5, 0.6) is 0 Å². The van der Waals surface area contributed by atoms with Gasteiger partial charge in [0.25, 0.3) is 0 Å². The van der Waals surface area contributed by atoms with E-state index in [1.54, 1.807) is 18.0 Å². The minimum Gasteiger partial charge on any atom is -0.446 e. The molecule has 0 atom stereocenters. The molecule has 0 amide bonds. The van der Waals surface area contributed by atoms with E-state index in [-0.39, 0.29) is 0 Å². The van der Waals surface area contributed by atoms with Crippen LogP contribution in [0.4, 0.5) is 0 Å². The zero-order valence-electron chi connectivity index (χ0n) is 9.17. The Labute approximate surface area is 104 Å². The average Bonchev–Trinajstić information content (AvgIpc) is 2.85. The van der Waals surface area contributed by atoms with Crippen molar-refractivity contribution in [1.82, 2.24) is 4.98 Å². The summed E-state index contributed by atoms with van der Waals surface area (Å²) >= 11 is 1.79. The summed E-state index contributed by atoms with van der Waals surface area (Å²) in [5.41, 5.74) is 2.03. The molecule has 0 unspecified atom stereocenters. The van der Waals surface area contributed by atoms with E-state index in [0.29, 0.717) is 5.71 Å². The molecule has 2 nitrogen and oxygen atoms in total. The largest absolute Gasteiger partial charge is 0.446 e. The highest BCUT2D eigenvalue weighted by molar-refractivity contribution is 7.98. The van der Waals surface area contributed by atoms with Gasteiger partial charge < -0.3 is 4.42 Å². The van der Waals surface area contributed by atoms with Crippen LogP contribution in [0.25, 0.3) is 11.1 Å². The minimum absolute atomic E-state index is 0.703. The summed E-state index contributed by atoms with van der Waals surface area (Å²) in [5.74, 6) is 0.964. The van der Waals surface area contributed by atoms with E-state index in [4.69, 9.17) is 4.42 Å². The van der Waals surface area contributed by atoms with Gasteiger partial charge in [-0.05, 0) is 17.7 Å². The van der Waals surface area contributed by atoms with Crippen molar-refractivity contribution in [3.05, 3.63) is 60.5 Å². The maximum Gasteiger partial charge on any atom is 0.225 e. The molecule has 0 bridgehead atoms. The normalized spacial score (nSPS) is 10.8. The molecule has 17 heavy (non-hydrogen) atoms. The summed E-state index contributed by atoms with van der Waals surface area (Å²) in [6.45, 7) is 0. The van der Waals surface area contributed by atoms with E-state index in [1.807, 2.05) is 18.3 Å². The highest BCUT2D eigenvalue weighted by atomic mass is 32.2. The topological polar surface area (TPSA) is 26.0 Å². The van der Waals surface area contributed by atoms with Crippen LogP contribution < -0.4 is 0 Å². The zero-order valence-corrected chi connectivity index (χ0v) is 9.98. The Morgan fingerprint density at radius 2 is 2.00 bits per heavy atom. The third-order valence-electron chi connectivity index (χ3n) is 2.53. The third-order valence-corrected chi connectivity index (χ3v) is 3.56. The van der Waals surface area contributed by atoms with Gasteiger partial charge in [0, 0.05) is 22.2 Å². The Morgan fingerprint density at radius 3 is 2.88 bits per heavy atom. The number of benzene rings is 1. The molecule has 0 aliphatic heterocycles. The molecule has 0 N–H and O–H groups in total. The first-order valence-corrected chi connectivity index (χ1v) is 6.40. The predicted molar refractivity (Wildman–Crippen MR) is 70.0 cm³/mol. The van der Waals surface area contributed by atoms with Crippen LogP contribution in [0, 0.1) is 0 Å². The fourth-order valence-electron chi connectivity index (χ4n) is 1.66. The minimum atomic E-state index is 0.703. The lowest BCUT2D eigenvalue weighted by Crippen LogP contribution is -1.80. The first kappa shape index (κ1) is 10.4. The van der Waals surface area contributed by atoms with E-state index >= 15 is 0 Å². The van der Waals surface area contributed by atoms with Gasteiger partial charge in [-0.2, -0.15) is 0 Å². The van der Waals surface area contributed by atoms with Gasteiger partial charge in [-0.1, -0.05) is 30.3 Å². The Balaban J connectivity index is 1.76. The van der Waals surface area contributed by atoms with Crippen molar-refractivity contribution < 1.29 is 4.42 Å². The highest BCUT2D eigenvalue weighted by Gasteiger charge is 2.01. The molecule has 0 fully saturated rings. The Hall–Kier alpha value is -1.74. The van der Waals surface area contributed by atoms with Crippen molar-refractivity contribution in [2.45, 2.75) is 10.6 Å². The number of thioether (sulfide) groups is 1. The van der Waals surface area contributed by atoms with E-state index in [9.17, 15) is 0 Å². The van der Waals surface area contributed by atoms with Gasteiger partial charge in [0.1, 0.15) is 0 Å². The second-order valence-corrected chi connectivity index (χ2v) is 4.81. The molecule has 2 heterocycles. The molecule has 0 aliphatic carbocycles. The van der Waals surface area contributed by atoms with Crippen LogP contribution >= 0.6 is 11.8 Å². The van der Waals surface area contributed by atoms with Crippen molar-refractivity contribution in [3.8, 4) is 0 Å². The number of nitrogens with zero attached hydrogens (tertiary/aromatic N) is 1. The molecule has 0 radical (unpaired) electrons.